The van der Waals surface area contributed by atoms with E-state index < -0.39 is 0 Å². The molecule has 0 aliphatic heterocycles. The molecule has 0 spiro atoms. The van der Waals surface area contributed by atoms with Gasteiger partial charge in [0, 0.05) is 26.0 Å². The third kappa shape index (κ3) is 2.06. The van der Waals surface area contributed by atoms with Crippen molar-refractivity contribution in [1.29, 1.82) is 0 Å². The second-order valence-electron chi connectivity index (χ2n) is 6.77. The van der Waals surface area contributed by atoms with E-state index >= 15 is 0 Å². The van der Waals surface area contributed by atoms with Crippen molar-refractivity contribution in [1.82, 2.24) is 4.57 Å². The molecular formula is C24H14BrNO. The summed E-state index contributed by atoms with van der Waals surface area (Å²) in [7, 11) is 0. The van der Waals surface area contributed by atoms with Crippen LogP contribution in [0.25, 0.3) is 49.4 Å². The second kappa shape index (κ2) is 5.48. The zero-order valence-corrected chi connectivity index (χ0v) is 15.9. The Morgan fingerprint density at radius 2 is 1.22 bits per heavy atom. The monoisotopic (exact) mass is 411 g/mol. The van der Waals surface area contributed by atoms with Crippen LogP contribution in [-0.4, -0.2) is 4.57 Å². The maximum Gasteiger partial charge on any atom is 0.159 e. The van der Waals surface area contributed by atoms with Gasteiger partial charge in [0.1, 0.15) is 5.58 Å². The molecule has 0 radical (unpaired) electrons. The standard InChI is InChI=1S/C24H14BrNO/c25-15-13-19-18-9-3-6-12-23(18)27-24(19)22(14-15)26-20-10-4-1-7-16(20)17-8-2-5-11-21(17)26/h1-14H. The quantitative estimate of drug-likeness (QED) is 0.274. The molecule has 3 heteroatoms. The van der Waals surface area contributed by atoms with Gasteiger partial charge in [-0.1, -0.05) is 70.5 Å². The molecule has 0 saturated heterocycles. The lowest BCUT2D eigenvalue weighted by atomic mass is 10.1. The van der Waals surface area contributed by atoms with Crippen LogP contribution in [0.5, 0.6) is 0 Å². The fourth-order valence-electron chi connectivity index (χ4n) is 4.12. The third-order valence-electron chi connectivity index (χ3n) is 5.24. The number of furan rings is 1. The van der Waals surface area contributed by atoms with E-state index in [1.54, 1.807) is 0 Å². The van der Waals surface area contributed by atoms with Crippen LogP contribution in [-0.2, 0) is 0 Å². The molecule has 2 aromatic heterocycles. The molecule has 0 fully saturated rings. The molecule has 0 N–H and O–H groups in total. The lowest BCUT2D eigenvalue weighted by molar-refractivity contribution is 0.666. The van der Waals surface area contributed by atoms with Crippen LogP contribution in [0.2, 0.25) is 0 Å². The topological polar surface area (TPSA) is 18.1 Å². The molecule has 0 unspecified atom stereocenters. The van der Waals surface area contributed by atoms with E-state index in [-0.39, 0.29) is 0 Å². The summed E-state index contributed by atoms with van der Waals surface area (Å²) >= 11 is 3.71. The molecule has 6 rings (SSSR count). The number of benzene rings is 4. The predicted molar refractivity (Wildman–Crippen MR) is 116 cm³/mol. The Balaban J connectivity index is 1.86. The first kappa shape index (κ1) is 15.1. The fourth-order valence-corrected chi connectivity index (χ4v) is 4.57. The Kier molecular flexibility index (Phi) is 3.06. The SMILES string of the molecule is Brc1cc(-n2c3ccccc3c3ccccc32)c2oc3ccccc3c2c1. The first-order valence-corrected chi connectivity index (χ1v) is 9.70. The van der Waals surface area contributed by atoms with E-state index in [2.05, 4.69) is 93.3 Å². The molecule has 0 atom stereocenters. The predicted octanol–water partition coefficient (Wildman–Crippen LogP) is 7.45. The van der Waals surface area contributed by atoms with Gasteiger partial charge in [-0.15, -0.1) is 0 Å². The minimum atomic E-state index is 0.908. The minimum Gasteiger partial charge on any atom is -0.454 e. The van der Waals surface area contributed by atoms with E-state index in [1.165, 1.54) is 21.8 Å². The maximum atomic E-state index is 6.32. The number of rotatable bonds is 1. The van der Waals surface area contributed by atoms with Crippen LogP contribution in [0.4, 0.5) is 0 Å². The summed E-state index contributed by atoms with van der Waals surface area (Å²) in [6.07, 6.45) is 0. The normalized spacial score (nSPS) is 11.9. The number of aromatic nitrogens is 1. The van der Waals surface area contributed by atoms with Crippen LogP contribution in [0, 0.1) is 0 Å². The Morgan fingerprint density at radius 3 is 1.93 bits per heavy atom. The van der Waals surface area contributed by atoms with Gasteiger partial charge < -0.3 is 8.98 Å². The van der Waals surface area contributed by atoms with Gasteiger partial charge in [0.05, 0.1) is 16.7 Å². The molecule has 4 aromatic carbocycles. The highest BCUT2D eigenvalue weighted by Gasteiger charge is 2.17. The Hall–Kier alpha value is -3.04. The van der Waals surface area contributed by atoms with Crippen molar-refractivity contribution in [3.8, 4) is 5.69 Å². The number of halogens is 1. The van der Waals surface area contributed by atoms with Crippen molar-refractivity contribution in [2.24, 2.45) is 0 Å². The van der Waals surface area contributed by atoms with Crippen molar-refractivity contribution < 1.29 is 4.42 Å². The highest BCUT2D eigenvalue weighted by Crippen LogP contribution is 2.39. The summed E-state index contributed by atoms with van der Waals surface area (Å²) in [5, 5.41) is 4.75. The number of nitrogens with zero attached hydrogens (tertiary/aromatic N) is 1. The van der Waals surface area contributed by atoms with Crippen molar-refractivity contribution >= 4 is 59.7 Å². The fraction of sp³-hybridized carbons (Fsp3) is 0. The molecule has 0 saturated carbocycles. The molecule has 2 heterocycles. The zero-order chi connectivity index (χ0) is 18.0. The van der Waals surface area contributed by atoms with Gasteiger partial charge in [-0.05, 0) is 30.3 Å². The molecule has 27 heavy (non-hydrogen) atoms. The smallest absolute Gasteiger partial charge is 0.159 e. The molecule has 128 valence electrons. The molecule has 2 nitrogen and oxygen atoms in total. The van der Waals surface area contributed by atoms with E-state index in [0.29, 0.717) is 0 Å². The summed E-state index contributed by atoms with van der Waals surface area (Å²) in [5.41, 5.74) is 5.23. The summed E-state index contributed by atoms with van der Waals surface area (Å²) in [5.74, 6) is 0. The molecular weight excluding hydrogens is 398 g/mol. The van der Waals surface area contributed by atoms with E-state index in [4.69, 9.17) is 4.42 Å². The van der Waals surface area contributed by atoms with Gasteiger partial charge in [-0.3, -0.25) is 0 Å². The van der Waals surface area contributed by atoms with E-state index in [1.807, 2.05) is 12.1 Å². The summed E-state index contributed by atoms with van der Waals surface area (Å²) in [6, 6.07) is 29.6. The Morgan fingerprint density at radius 1 is 0.630 bits per heavy atom. The van der Waals surface area contributed by atoms with Gasteiger partial charge in [0.2, 0.25) is 0 Å². The van der Waals surface area contributed by atoms with Gasteiger partial charge in [-0.25, -0.2) is 0 Å². The van der Waals surface area contributed by atoms with Crippen molar-refractivity contribution in [2.45, 2.75) is 0 Å². The molecule has 6 aromatic rings. The second-order valence-corrected chi connectivity index (χ2v) is 7.69. The molecule has 0 bridgehead atoms. The molecule has 0 aliphatic rings. The molecule has 0 amide bonds. The summed E-state index contributed by atoms with van der Waals surface area (Å²) < 4.78 is 9.66. The largest absolute Gasteiger partial charge is 0.454 e. The van der Waals surface area contributed by atoms with Gasteiger partial charge in [-0.2, -0.15) is 0 Å². The average Bonchev–Trinajstić information content (AvgIpc) is 3.24. The molecule has 0 aliphatic carbocycles. The summed E-state index contributed by atoms with van der Waals surface area (Å²) in [4.78, 5) is 0. The van der Waals surface area contributed by atoms with Gasteiger partial charge in [0.15, 0.2) is 5.58 Å². The highest BCUT2D eigenvalue weighted by atomic mass is 79.9. The van der Waals surface area contributed by atoms with E-state index in [0.717, 1.165) is 32.1 Å². The van der Waals surface area contributed by atoms with Crippen LogP contribution in [0.1, 0.15) is 0 Å². The van der Waals surface area contributed by atoms with Crippen LogP contribution >= 0.6 is 15.9 Å². The third-order valence-corrected chi connectivity index (χ3v) is 5.70. The first-order valence-electron chi connectivity index (χ1n) is 8.90. The van der Waals surface area contributed by atoms with Crippen molar-refractivity contribution in [2.75, 3.05) is 0 Å². The minimum absolute atomic E-state index is 0.908. The highest BCUT2D eigenvalue weighted by molar-refractivity contribution is 9.10. The Labute approximate surface area is 163 Å². The number of hydrogen-bond donors (Lipinski definition) is 0. The first-order chi connectivity index (χ1) is 13.3. The average molecular weight is 412 g/mol. The van der Waals surface area contributed by atoms with Crippen molar-refractivity contribution in [3.63, 3.8) is 0 Å². The number of hydrogen-bond acceptors (Lipinski definition) is 1. The van der Waals surface area contributed by atoms with Gasteiger partial charge >= 0.3 is 0 Å². The zero-order valence-electron chi connectivity index (χ0n) is 14.3. The van der Waals surface area contributed by atoms with Crippen LogP contribution in [0.3, 0.4) is 0 Å². The van der Waals surface area contributed by atoms with Gasteiger partial charge in [0.25, 0.3) is 0 Å². The lowest BCUT2D eigenvalue weighted by Crippen LogP contribution is -1.94. The maximum absolute atomic E-state index is 6.32. The summed E-state index contributed by atoms with van der Waals surface area (Å²) in [6.45, 7) is 0. The number of fused-ring (bicyclic) bond motifs is 6. The van der Waals surface area contributed by atoms with Crippen molar-refractivity contribution in [3.05, 3.63) is 89.4 Å². The van der Waals surface area contributed by atoms with Crippen LogP contribution in [0.15, 0.2) is 93.8 Å². The number of para-hydroxylation sites is 3. The van der Waals surface area contributed by atoms with E-state index in [9.17, 15) is 0 Å². The van der Waals surface area contributed by atoms with Crippen LogP contribution < -0.4 is 0 Å². The Bertz CT molecular complexity index is 1440. The lowest BCUT2D eigenvalue weighted by Gasteiger charge is -2.09.